The molecule has 3 nitrogen and oxygen atoms in total. The van der Waals surface area contributed by atoms with Crippen LogP contribution in [0.25, 0.3) is 11.3 Å². The molecule has 1 aromatic carbocycles. The Kier molecular flexibility index (Phi) is 4.08. The van der Waals surface area contributed by atoms with Crippen LogP contribution >= 0.6 is 0 Å². The normalized spacial score (nSPS) is 16.8. The van der Waals surface area contributed by atoms with E-state index in [-0.39, 0.29) is 5.92 Å². The van der Waals surface area contributed by atoms with E-state index < -0.39 is 0 Å². The van der Waals surface area contributed by atoms with Gasteiger partial charge in [-0.15, -0.1) is 0 Å². The lowest BCUT2D eigenvalue weighted by atomic mass is 9.98. The molecule has 0 amide bonds. The highest BCUT2D eigenvalue weighted by Crippen LogP contribution is 2.23. The van der Waals surface area contributed by atoms with Gasteiger partial charge in [0.05, 0.1) is 6.07 Å². The van der Waals surface area contributed by atoms with Crippen LogP contribution in [0, 0.1) is 24.2 Å². The second-order valence-corrected chi connectivity index (χ2v) is 5.79. The fourth-order valence-corrected chi connectivity index (χ4v) is 2.84. The molecule has 21 heavy (non-hydrogen) atoms. The minimum Gasteiger partial charge on any atom is -0.461 e. The Bertz CT molecular complexity index is 628. The van der Waals surface area contributed by atoms with Crippen LogP contribution in [-0.2, 0) is 6.54 Å². The number of nitrogens with zero attached hydrogens (tertiary/aromatic N) is 2. The molecule has 108 valence electrons. The molecule has 1 aromatic heterocycles. The first-order valence-electron chi connectivity index (χ1n) is 7.52. The highest BCUT2D eigenvalue weighted by molar-refractivity contribution is 5.57. The molecule has 0 bridgehead atoms. The van der Waals surface area contributed by atoms with Crippen molar-refractivity contribution in [1.82, 2.24) is 4.90 Å². The summed E-state index contributed by atoms with van der Waals surface area (Å²) in [4.78, 5) is 2.43. The predicted octanol–water partition coefficient (Wildman–Crippen LogP) is 3.99. The summed E-state index contributed by atoms with van der Waals surface area (Å²) in [5.41, 5.74) is 2.44. The lowest BCUT2D eigenvalue weighted by molar-refractivity contribution is 0.198. The van der Waals surface area contributed by atoms with Crippen LogP contribution < -0.4 is 0 Å². The third-order valence-electron chi connectivity index (χ3n) is 4.16. The molecule has 0 spiro atoms. The highest BCUT2D eigenvalue weighted by Gasteiger charge is 2.18. The van der Waals surface area contributed by atoms with E-state index in [1.54, 1.807) is 0 Å². The van der Waals surface area contributed by atoms with E-state index in [2.05, 4.69) is 35.2 Å². The van der Waals surface area contributed by atoms with Crippen LogP contribution in [0.3, 0.4) is 0 Å². The minimum absolute atomic E-state index is 0.255. The molecule has 0 N–H and O–H groups in total. The zero-order valence-electron chi connectivity index (χ0n) is 12.4. The van der Waals surface area contributed by atoms with Crippen molar-refractivity contribution in [2.45, 2.75) is 26.3 Å². The summed E-state index contributed by atoms with van der Waals surface area (Å²) in [6, 6.07) is 15.0. The van der Waals surface area contributed by atoms with Gasteiger partial charge in [0.2, 0.25) is 0 Å². The van der Waals surface area contributed by atoms with Crippen molar-refractivity contribution in [3.63, 3.8) is 0 Å². The Hall–Kier alpha value is -2.05. The molecule has 0 saturated carbocycles. The van der Waals surface area contributed by atoms with E-state index in [0.29, 0.717) is 0 Å². The van der Waals surface area contributed by atoms with Crippen molar-refractivity contribution in [2.24, 2.45) is 5.92 Å². The van der Waals surface area contributed by atoms with Crippen molar-refractivity contribution in [1.29, 1.82) is 5.26 Å². The number of aryl methyl sites for hydroxylation is 1. The number of rotatable bonds is 3. The molecule has 3 heteroatoms. The number of furan rings is 1. The Morgan fingerprint density at radius 2 is 1.86 bits per heavy atom. The summed E-state index contributed by atoms with van der Waals surface area (Å²) in [5, 5.41) is 8.93. The predicted molar refractivity (Wildman–Crippen MR) is 82.5 cm³/mol. The summed E-state index contributed by atoms with van der Waals surface area (Å²) >= 11 is 0. The van der Waals surface area contributed by atoms with E-state index in [0.717, 1.165) is 49.6 Å². The van der Waals surface area contributed by atoms with Crippen LogP contribution in [-0.4, -0.2) is 18.0 Å². The Morgan fingerprint density at radius 3 is 2.43 bits per heavy atom. The number of likely N-dealkylation sites (tertiary alicyclic amines) is 1. The molecule has 2 heterocycles. The van der Waals surface area contributed by atoms with E-state index in [1.807, 2.05) is 19.1 Å². The molecule has 1 fully saturated rings. The first-order valence-corrected chi connectivity index (χ1v) is 7.52. The van der Waals surface area contributed by atoms with Crippen molar-refractivity contribution < 1.29 is 4.42 Å². The van der Waals surface area contributed by atoms with Gasteiger partial charge in [-0.3, -0.25) is 4.90 Å². The third kappa shape index (κ3) is 3.34. The third-order valence-corrected chi connectivity index (χ3v) is 4.16. The number of hydrogen-bond acceptors (Lipinski definition) is 3. The summed E-state index contributed by atoms with van der Waals surface area (Å²) < 4.78 is 5.64. The second-order valence-electron chi connectivity index (χ2n) is 5.79. The maximum atomic E-state index is 8.93. The quantitative estimate of drug-likeness (QED) is 0.853. The van der Waals surface area contributed by atoms with Crippen molar-refractivity contribution in [3.05, 3.63) is 47.7 Å². The largest absolute Gasteiger partial charge is 0.461 e. The van der Waals surface area contributed by atoms with Crippen molar-refractivity contribution in [2.75, 3.05) is 13.1 Å². The smallest absolute Gasteiger partial charge is 0.134 e. The molecule has 0 aliphatic carbocycles. The summed E-state index contributed by atoms with van der Waals surface area (Å²) in [7, 11) is 0. The van der Waals surface area contributed by atoms with E-state index in [9.17, 15) is 0 Å². The summed E-state index contributed by atoms with van der Waals surface area (Å²) in [6.07, 6.45) is 2.00. The first-order chi connectivity index (χ1) is 10.2. The minimum atomic E-state index is 0.255. The van der Waals surface area contributed by atoms with Gasteiger partial charge in [0, 0.05) is 18.0 Å². The Balaban J connectivity index is 1.61. The average molecular weight is 280 g/mol. The van der Waals surface area contributed by atoms with Crippen LogP contribution in [0.15, 0.2) is 40.8 Å². The Labute approximate surface area is 125 Å². The molecule has 2 aromatic rings. The zero-order chi connectivity index (χ0) is 14.7. The van der Waals surface area contributed by atoms with Crippen molar-refractivity contribution >= 4 is 0 Å². The van der Waals surface area contributed by atoms with Gasteiger partial charge < -0.3 is 4.42 Å². The van der Waals surface area contributed by atoms with Gasteiger partial charge in [-0.05, 0) is 50.6 Å². The highest BCUT2D eigenvalue weighted by atomic mass is 16.3. The fourth-order valence-electron chi connectivity index (χ4n) is 2.84. The van der Waals surface area contributed by atoms with E-state index in [1.165, 1.54) is 5.56 Å². The molecule has 0 radical (unpaired) electrons. The molecular weight excluding hydrogens is 260 g/mol. The molecule has 0 atom stereocenters. The standard InChI is InChI=1S/C18H20N2O/c1-14-2-7-18(21-14)17-5-3-16(4-6-17)13-20-10-8-15(12-19)9-11-20/h2-7,15H,8-11,13H2,1H3. The van der Waals surface area contributed by atoms with Gasteiger partial charge in [0.15, 0.2) is 0 Å². The SMILES string of the molecule is Cc1ccc(-c2ccc(CN3CCC(C#N)CC3)cc2)o1. The van der Waals surface area contributed by atoms with E-state index in [4.69, 9.17) is 9.68 Å². The number of piperidine rings is 1. The van der Waals surface area contributed by atoms with E-state index >= 15 is 0 Å². The van der Waals surface area contributed by atoms with Crippen LogP contribution in [0.4, 0.5) is 0 Å². The lowest BCUT2D eigenvalue weighted by Crippen LogP contribution is -2.32. The fraction of sp³-hybridized carbons (Fsp3) is 0.389. The van der Waals surface area contributed by atoms with Crippen LogP contribution in [0.1, 0.15) is 24.2 Å². The number of nitriles is 1. The molecule has 1 aliphatic heterocycles. The first kappa shape index (κ1) is 13.9. The van der Waals surface area contributed by atoms with Gasteiger partial charge >= 0.3 is 0 Å². The molecule has 0 unspecified atom stereocenters. The topological polar surface area (TPSA) is 40.2 Å². The van der Waals surface area contributed by atoms with Gasteiger partial charge in [-0.2, -0.15) is 5.26 Å². The van der Waals surface area contributed by atoms with Crippen LogP contribution in [0.5, 0.6) is 0 Å². The average Bonchev–Trinajstić information content (AvgIpc) is 2.95. The lowest BCUT2D eigenvalue weighted by Gasteiger charge is -2.29. The molecule has 1 saturated heterocycles. The molecule has 1 aliphatic rings. The number of hydrogen-bond donors (Lipinski definition) is 0. The number of benzene rings is 1. The zero-order valence-corrected chi connectivity index (χ0v) is 12.4. The summed E-state index contributed by atoms with van der Waals surface area (Å²) in [6.45, 7) is 4.98. The monoisotopic (exact) mass is 280 g/mol. The van der Waals surface area contributed by atoms with Gasteiger partial charge in [0.1, 0.15) is 11.5 Å². The summed E-state index contributed by atoms with van der Waals surface area (Å²) in [5.74, 6) is 2.12. The molecule has 3 rings (SSSR count). The maximum Gasteiger partial charge on any atom is 0.134 e. The Morgan fingerprint density at radius 1 is 1.14 bits per heavy atom. The maximum absolute atomic E-state index is 8.93. The van der Waals surface area contributed by atoms with Crippen molar-refractivity contribution in [3.8, 4) is 17.4 Å². The van der Waals surface area contributed by atoms with Crippen LogP contribution in [0.2, 0.25) is 0 Å². The second kappa shape index (κ2) is 6.15. The van der Waals surface area contributed by atoms with Gasteiger partial charge in [-0.25, -0.2) is 0 Å². The van der Waals surface area contributed by atoms with Gasteiger partial charge in [0.25, 0.3) is 0 Å². The molecular formula is C18H20N2O. The van der Waals surface area contributed by atoms with Gasteiger partial charge in [-0.1, -0.05) is 24.3 Å².